The highest BCUT2D eigenvalue weighted by Crippen LogP contribution is 2.30. The van der Waals surface area contributed by atoms with Crippen molar-refractivity contribution in [1.29, 1.82) is 0 Å². The summed E-state index contributed by atoms with van der Waals surface area (Å²) in [5.41, 5.74) is 3.53. The van der Waals surface area contributed by atoms with Crippen LogP contribution >= 0.6 is 0 Å². The van der Waals surface area contributed by atoms with Crippen molar-refractivity contribution in [2.45, 2.75) is 19.4 Å². The van der Waals surface area contributed by atoms with Crippen molar-refractivity contribution in [1.82, 2.24) is 20.0 Å². The lowest BCUT2D eigenvalue weighted by Crippen LogP contribution is -2.40. The standard InChI is InChI=1S/C20H23FN4O3/c1-28-9-8-24-11-14(10-18(24)26)20(27)25-7-6-17-16(12-25)19(23-22-17)13-2-4-15(21)5-3-13/h2-5,14H,6-12H2,1H3,(H,22,23)/t14-/m1/s1. The average molecular weight is 386 g/mol. The zero-order valence-corrected chi connectivity index (χ0v) is 15.8. The Labute approximate surface area is 162 Å². The predicted octanol–water partition coefficient (Wildman–Crippen LogP) is 1.60. The van der Waals surface area contributed by atoms with E-state index in [1.807, 2.05) is 4.90 Å². The molecule has 28 heavy (non-hydrogen) atoms. The molecule has 2 aliphatic rings. The maximum atomic E-state index is 13.2. The van der Waals surface area contributed by atoms with E-state index in [-0.39, 0.29) is 30.0 Å². The molecule has 0 saturated carbocycles. The van der Waals surface area contributed by atoms with E-state index in [0.717, 1.165) is 22.5 Å². The molecular weight excluding hydrogens is 363 g/mol. The number of halogens is 1. The van der Waals surface area contributed by atoms with E-state index in [9.17, 15) is 14.0 Å². The minimum atomic E-state index is -0.313. The first-order chi connectivity index (χ1) is 13.6. The highest BCUT2D eigenvalue weighted by atomic mass is 19.1. The molecule has 2 aromatic rings. The lowest BCUT2D eigenvalue weighted by atomic mass is 9.99. The highest BCUT2D eigenvalue weighted by Gasteiger charge is 2.37. The number of likely N-dealkylation sites (tertiary alicyclic amines) is 1. The van der Waals surface area contributed by atoms with Crippen LogP contribution in [-0.2, 0) is 27.3 Å². The van der Waals surface area contributed by atoms with Gasteiger partial charge in [0.05, 0.1) is 18.2 Å². The van der Waals surface area contributed by atoms with Gasteiger partial charge in [-0.1, -0.05) is 0 Å². The Kier molecular flexibility index (Phi) is 5.13. The number of fused-ring (bicyclic) bond motifs is 1. The second kappa shape index (κ2) is 7.71. The fourth-order valence-corrected chi connectivity index (χ4v) is 3.94. The normalized spacial score (nSPS) is 19.2. The lowest BCUT2D eigenvalue weighted by Gasteiger charge is -2.29. The number of hydrogen-bond acceptors (Lipinski definition) is 4. The first kappa shape index (κ1) is 18.6. The van der Waals surface area contributed by atoms with Gasteiger partial charge in [0.2, 0.25) is 11.8 Å². The SMILES string of the molecule is COCCN1C[C@H](C(=O)N2CCc3[nH]nc(-c4ccc(F)cc4)c3C2)CC1=O. The van der Waals surface area contributed by atoms with Gasteiger partial charge in [-0.15, -0.1) is 0 Å². The number of carbonyl (C=O) groups excluding carboxylic acids is 2. The minimum Gasteiger partial charge on any atom is -0.383 e. The molecule has 1 fully saturated rings. The third-order valence-corrected chi connectivity index (χ3v) is 5.49. The molecule has 148 valence electrons. The number of methoxy groups -OCH3 is 1. The monoisotopic (exact) mass is 386 g/mol. The highest BCUT2D eigenvalue weighted by molar-refractivity contribution is 5.89. The quantitative estimate of drug-likeness (QED) is 0.847. The number of nitrogens with one attached hydrogen (secondary N) is 1. The number of ether oxygens (including phenoxy) is 1. The Morgan fingerprint density at radius 3 is 2.89 bits per heavy atom. The van der Waals surface area contributed by atoms with Gasteiger partial charge in [0.15, 0.2) is 0 Å². The van der Waals surface area contributed by atoms with Crippen molar-refractivity contribution < 1.29 is 18.7 Å². The summed E-state index contributed by atoms with van der Waals surface area (Å²) in [6.07, 6.45) is 0.936. The van der Waals surface area contributed by atoms with Crippen LogP contribution in [-0.4, -0.2) is 65.2 Å². The number of aromatic amines is 1. The molecule has 2 amide bonds. The zero-order chi connectivity index (χ0) is 19.7. The third kappa shape index (κ3) is 3.52. The number of amides is 2. The first-order valence-corrected chi connectivity index (χ1v) is 9.44. The van der Waals surface area contributed by atoms with Gasteiger partial charge < -0.3 is 14.5 Å². The molecule has 4 rings (SSSR count). The van der Waals surface area contributed by atoms with Crippen LogP contribution in [0.25, 0.3) is 11.3 Å². The molecule has 2 aliphatic heterocycles. The number of hydrogen-bond donors (Lipinski definition) is 1. The van der Waals surface area contributed by atoms with E-state index in [1.165, 1.54) is 12.1 Å². The molecule has 7 nitrogen and oxygen atoms in total. The van der Waals surface area contributed by atoms with Gasteiger partial charge in [0.25, 0.3) is 0 Å². The van der Waals surface area contributed by atoms with E-state index < -0.39 is 0 Å². The topological polar surface area (TPSA) is 78.5 Å². The molecule has 1 atom stereocenters. The van der Waals surface area contributed by atoms with Gasteiger partial charge >= 0.3 is 0 Å². The van der Waals surface area contributed by atoms with Crippen LogP contribution in [0.4, 0.5) is 4.39 Å². The number of H-pyrrole nitrogens is 1. The van der Waals surface area contributed by atoms with Crippen molar-refractivity contribution in [3.8, 4) is 11.3 Å². The fraction of sp³-hybridized carbons (Fsp3) is 0.450. The van der Waals surface area contributed by atoms with Crippen molar-refractivity contribution in [3.05, 3.63) is 41.3 Å². The number of rotatable bonds is 5. The van der Waals surface area contributed by atoms with E-state index in [1.54, 1.807) is 24.1 Å². The third-order valence-electron chi connectivity index (χ3n) is 5.49. The van der Waals surface area contributed by atoms with Gasteiger partial charge in [-0.2, -0.15) is 5.10 Å². The van der Waals surface area contributed by atoms with Crippen LogP contribution in [0.2, 0.25) is 0 Å². The van der Waals surface area contributed by atoms with E-state index in [0.29, 0.717) is 39.2 Å². The van der Waals surface area contributed by atoms with Crippen molar-refractivity contribution in [3.63, 3.8) is 0 Å². The maximum Gasteiger partial charge on any atom is 0.228 e. The summed E-state index contributed by atoms with van der Waals surface area (Å²) in [6, 6.07) is 6.19. The summed E-state index contributed by atoms with van der Waals surface area (Å²) in [4.78, 5) is 28.7. The number of aromatic nitrogens is 2. The predicted molar refractivity (Wildman–Crippen MR) is 99.7 cm³/mol. The molecule has 8 heteroatoms. The zero-order valence-electron chi connectivity index (χ0n) is 15.8. The first-order valence-electron chi connectivity index (χ1n) is 9.44. The summed E-state index contributed by atoms with van der Waals surface area (Å²) in [6.45, 7) is 2.47. The van der Waals surface area contributed by atoms with Crippen LogP contribution in [0, 0.1) is 11.7 Å². The van der Waals surface area contributed by atoms with Crippen molar-refractivity contribution in [2.24, 2.45) is 5.92 Å². The van der Waals surface area contributed by atoms with Gasteiger partial charge in [-0.25, -0.2) is 4.39 Å². The fourth-order valence-electron chi connectivity index (χ4n) is 3.94. The second-order valence-electron chi connectivity index (χ2n) is 7.28. The van der Waals surface area contributed by atoms with Gasteiger partial charge in [0.1, 0.15) is 5.82 Å². The van der Waals surface area contributed by atoms with Crippen LogP contribution in [0.15, 0.2) is 24.3 Å². The van der Waals surface area contributed by atoms with Crippen LogP contribution in [0.1, 0.15) is 17.7 Å². The molecule has 0 spiro atoms. The Balaban J connectivity index is 1.48. The molecule has 0 unspecified atom stereocenters. The maximum absolute atomic E-state index is 13.2. The Morgan fingerprint density at radius 2 is 2.14 bits per heavy atom. The Bertz CT molecular complexity index is 880. The molecular formula is C20H23FN4O3. The average Bonchev–Trinajstić information content (AvgIpc) is 3.29. The van der Waals surface area contributed by atoms with Gasteiger partial charge in [-0.3, -0.25) is 14.7 Å². The molecule has 1 N–H and O–H groups in total. The summed E-state index contributed by atoms with van der Waals surface area (Å²) < 4.78 is 18.3. The summed E-state index contributed by atoms with van der Waals surface area (Å²) in [5.74, 6) is -0.602. The molecule has 0 radical (unpaired) electrons. The molecule has 3 heterocycles. The Hall–Kier alpha value is -2.74. The summed E-state index contributed by atoms with van der Waals surface area (Å²) >= 11 is 0. The van der Waals surface area contributed by atoms with Crippen molar-refractivity contribution in [2.75, 3.05) is 33.4 Å². The van der Waals surface area contributed by atoms with Crippen LogP contribution in [0.5, 0.6) is 0 Å². The number of benzene rings is 1. The molecule has 1 aromatic heterocycles. The van der Waals surface area contributed by atoms with Crippen LogP contribution < -0.4 is 0 Å². The molecule has 0 bridgehead atoms. The number of nitrogens with zero attached hydrogens (tertiary/aromatic N) is 3. The minimum absolute atomic E-state index is 0.00316. The Morgan fingerprint density at radius 1 is 1.36 bits per heavy atom. The van der Waals surface area contributed by atoms with E-state index in [2.05, 4.69) is 10.2 Å². The molecule has 1 aromatic carbocycles. The van der Waals surface area contributed by atoms with Gasteiger partial charge in [-0.05, 0) is 24.3 Å². The lowest BCUT2D eigenvalue weighted by molar-refractivity contribution is -0.136. The summed E-state index contributed by atoms with van der Waals surface area (Å²) in [5, 5.41) is 7.43. The van der Waals surface area contributed by atoms with Crippen LogP contribution in [0.3, 0.4) is 0 Å². The second-order valence-corrected chi connectivity index (χ2v) is 7.28. The van der Waals surface area contributed by atoms with Gasteiger partial charge in [0, 0.05) is 63.0 Å². The van der Waals surface area contributed by atoms with Crippen molar-refractivity contribution >= 4 is 11.8 Å². The summed E-state index contributed by atoms with van der Waals surface area (Å²) in [7, 11) is 1.60. The number of carbonyl (C=O) groups is 2. The van der Waals surface area contributed by atoms with E-state index >= 15 is 0 Å². The molecule has 1 saturated heterocycles. The largest absolute Gasteiger partial charge is 0.383 e. The van der Waals surface area contributed by atoms with E-state index in [4.69, 9.17) is 4.74 Å². The smallest absolute Gasteiger partial charge is 0.228 e. The molecule has 0 aliphatic carbocycles.